The normalized spacial score (nSPS) is 24.4. The second kappa shape index (κ2) is 4.33. The third-order valence-electron chi connectivity index (χ3n) is 3.65. The fourth-order valence-electron chi connectivity index (χ4n) is 2.44. The van der Waals surface area contributed by atoms with Crippen molar-refractivity contribution < 1.29 is 4.79 Å². The van der Waals surface area contributed by atoms with Crippen molar-refractivity contribution in [3.05, 3.63) is 0 Å². The smallest absolute Gasteiger partial charge is 0.225 e. The van der Waals surface area contributed by atoms with E-state index in [1.54, 1.807) is 0 Å². The van der Waals surface area contributed by atoms with Gasteiger partial charge in [0.15, 0.2) is 0 Å². The minimum Gasteiger partial charge on any atom is -0.343 e. The summed E-state index contributed by atoms with van der Waals surface area (Å²) in [5.41, 5.74) is 0. The van der Waals surface area contributed by atoms with E-state index < -0.39 is 0 Å². The van der Waals surface area contributed by atoms with E-state index >= 15 is 0 Å². The van der Waals surface area contributed by atoms with Gasteiger partial charge in [0.25, 0.3) is 0 Å². The van der Waals surface area contributed by atoms with Gasteiger partial charge in [0.05, 0.1) is 0 Å². The molecule has 2 rings (SSSR count). The van der Waals surface area contributed by atoms with Crippen LogP contribution in [-0.4, -0.2) is 23.9 Å². The number of amides is 1. The van der Waals surface area contributed by atoms with Crippen molar-refractivity contribution >= 4 is 5.91 Å². The summed E-state index contributed by atoms with van der Waals surface area (Å²) in [6.45, 7) is 0. The molecule has 2 fully saturated rings. The van der Waals surface area contributed by atoms with E-state index in [2.05, 4.69) is 0 Å². The number of carbonyl (C=O) groups is 1. The summed E-state index contributed by atoms with van der Waals surface area (Å²) >= 11 is 0. The van der Waals surface area contributed by atoms with Crippen LogP contribution in [0.15, 0.2) is 0 Å². The van der Waals surface area contributed by atoms with Crippen LogP contribution in [0.25, 0.3) is 0 Å². The SMILES string of the molecule is CN(C(=O)C1CC1)C1CCCCCC1. The Morgan fingerprint density at radius 3 is 2.07 bits per heavy atom. The molecular weight excluding hydrogens is 174 g/mol. The molecule has 0 aromatic rings. The first-order valence-electron chi connectivity index (χ1n) is 6.05. The predicted octanol–water partition coefficient (Wildman–Crippen LogP) is 2.58. The fourth-order valence-corrected chi connectivity index (χ4v) is 2.44. The lowest BCUT2D eigenvalue weighted by atomic mass is 10.1. The average molecular weight is 195 g/mol. The first-order valence-corrected chi connectivity index (χ1v) is 6.05. The Labute approximate surface area is 86.7 Å². The maximum Gasteiger partial charge on any atom is 0.225 e. The van der Waals surface area contributed by atoms with Gasteiger partial charge >= 0.3 is 0 Å². The second-order valence-electron chi connectivity index (χ2n) is 4.87. The van der Waals surface area contributed by atoms with Crippen molar-refractivity contribution in [2.75, 3.05) is 7.05 Å². The van der Waals surface area contributed by atoms with Gasteiger partial charge < -0.3 is 4.90 Å². The predicted molar refractivity (Wildman–Crippen MR) is 57.0 cm³/mol. The molecule has 80 valence electrons. The van der Waals surface area contributed by atoms with Crippen molar-refractivity contribution in [3.8, 4) is 0 Å². The van der Waals surface area contributed by atoms with E-state index in [1.807, 2.05) is 11.9 Å². The van der Waals surface area contributed by atoms with E-state index in [0.717, 1.165) is 12.8 Å². The minimum absolute atomic E-state index is 0.392. The molecule has 0 bridgehead atoms. The molecule has 0 spiro atoms. The maximum absolute atomic E-state index is 11.8. The van der Waals surface area contributed by atoms with Gasteiger partial charge in [0, 0.05) is 19.0 Å². The molecule has 0 aromatic heterocycles. The summed E-state index contributed by atoms with van der Waals surface area (Å²) < 4.78 is 0. The van der Waals surface area contributed by atoms with Crippen LogP contribution < -0.4 is 0 Å². The molecule has 2 aliphatic carbocycles. The molecule has 0 radical (unpaired) electrons. The van der Waals surface area contributed by atoms with Crippen LogP contribution in [0.1, 0.15) is 51.4 Å². The lowest BCUT2D eigenvalue weighted by molar-refractivity contribution is -0.133. The molecule has 0 N–H and O–H groups in total. The highest BCUT2D eigenvalue weighted by atomic mass is 16.2. The lowest BCUT2D eigenvalue weighted by Crippen LogP contribution is -2.37. The van der Waals surface area contributed by atoms with E-state index in [9.17, 15) is 4.79 Å². The Morgan fingerprint density at radius 1 is 1.00 bits per heavy atom. The number of nitrogens with zero attached hydrogens (tertiary/aromatic N) is 1. The van der Waals surface area contributed by atoms with Gasteiger partial charge in [0.1, 0.15) is 0 Å². The van der Waals surface area contributed by atoms with E-state index in [-0.39, 0.29) is 0 Å². The monoisotopic (exact) mass is 195 g/mol. The standard InChI is InChI=1S/C12H21NO/c1-13(12(14)10-8-9-10)11-6-4-2-3-5-7-11/h10-11H,2-9H2,1H3. The van der Waals surface area contributed by atoms with Gasteiger partial charge in [-0.15, -0.1) is 0 Å². The molecule has 0 aromatic carbocycles. The number of hydrogen-bond donors (Lipinski definition) is 0. The van der Waals surface area contributed by atoms with Crippen LogP contribution in [0.5, 0.6) is 0 Å². The zero-order chi connectivity index (χ0) is 9.97. The van der Waals surface area contributed by atoms with E-state index in [1.165, 1.54) is 38.5 Å². The van der Waals surface area contributed by atoms with Gasteiger partial charge in [-0.3, -0.25) is 4.79 Å². The average Bonchev–Trinajstić information content (AvgIpc) is 3.02. The third kappa shape index (κ3) is 2.28. The molecule has 2 saturated carbocycles. The molecular formula is C12H21NO. The summed E-state index contributed by atoms with van der Waals surface area (Å²) in [6, 6.07) is 0.547. The summed E-state index contributed by atoms with van der Waals surface area (Å²) in [4.78, 5) is 13.9. The van der Waals surface area contributed by atoms with Crippen LogP contribution in [0.4, 0.5) is 0 Å². The Kier molecular flexibility index (Phi) is 3.09. The van der Waals surface area contributed by atoms with Gasteiger partial charge in [-0.2, -0.15) is 0 Å². The zero-order valence-electron chi connectivity index (χ0n) is 9.17. The van der Waals surface area contributed by atoms with Gasteiger partial charge in [-0.05, 0) is 25.7 Å². The molecule has 0 atom stereocenters. The highest BCUT2D eigenvalue weighted by Gasteiger charge is 2.34. The minimum atomic E-state index is 0.392. The molecule has 0 heterocycles. The van der Waals surface area contributed by atoms with Crippen LogP contribution in [0.3, 0.4) is 0 Å². The Bertz CT molecular complexity index is 202. The highest BCUT2D eigenvalue weighted by molar-refractivity contribution is 5.81. The fraction of sp³-hybridized carbons (Fsp3) is 0.917. The summed E-state index contributed by atoms with van der Waals surface area (Å²) in [6.07, 6.45) is 10.1. The zero-order valence-corrected chi connectivity index (χ0v) is 9.17. The van der Waals surface area contributed by atoms with Gasteiger partial charge in [-0.25, -0.2) is 0 Å². The molecule has 0 aliphatic heterocycles. The Morgan fingerprint density at radius 2 is 1.57 bits per heavy atom. The van der Waals surface area contributed by atoms with Crippen molar-refractivity contribution in [1.29, 1.82) is 0 Å². The van der Waals surface area contributed by atoms with Gasteiger partial charge in [0.2, 0.25) is 5.91 Å². The van der Waals surface area contributed by atoms with E-state index in [4.69, 9.17) is 0 Å². The third-order valence-corrected chi connectivity index (χ3v) is 3.65. The van der Waals surface area contributed by atoms with Crippen LogP contribution in [0, 0.1) is 5.92 Å². The van der Waals surface area contributed by atoms with Crippen LogP contribution in [0.2, 0.25) is 0 Å². The Hall–Kier alpha value is -0.530. The molecule has 14 heavy (non-hydrogen) atoms. The Balaban J connectivity index is 1.87. The first-order chi connectivity index (χ1) is 6.79. The quantitative estimate of drug-likeness (QED) is 0.620. The molecule has 2 heteroatoms. The lowest BCUT2D eigenvalue weighted by Gasteiger charge is -2.27. The topological polar surface area (TPSA) is 20.3 Å². The first kappa shape index (κ1) is 10.0. The van der Waals surface area contributed by atoms with Gasteiger partial charge in [-0.1, -0.05) is 25.7 Å². The van der Waals surface area contributed by atoms with Crippen LogP contribution in [-0.2, 0) is 4.79 Å². The summed E-state index contributed by atoms with van der Waals surface area (Å²) in [5, 5.41) is 0. The van der Waals surface area contributed by atoms with Crippen molar-refractivity contribution in [2.45, 2.75) is 57.4 Å². The number of carbonyl (C=O) groups excluding carboxylic acids is 1. The molecule has 0 saturated heterocycles. The number of hydrogen-bond acceptors (Lipinski definition) is 1. The van der Waals surface area contributed by atoms with E-state index in [0.29, 0.717) is 17.9 Å². The second-order valence-corrected chi connectivity index (χ2v) is 4.87. The van der Waals surface area contributed by atoms with Crippen molar-refractivity contribution in [3.63, 3.8) is 0 Å². The highest BCUT2D eigenvalue weighted by Crippen LogP contribution is 2.32. The largest absolute Gasteiger partial charge is 0.343 e. The molecule has 0 unspecified atom stereocenters. The maximum atomic E-state index is 11.8. The molecule has 1 amide bonds. The van der Waals surface area contributed by atoms with Crippen LogP contribution >= 0.6 is 0 Å². The summed E-state index contributed by atoms with van der Waals surface area (Å²) in [7, 11) is 2.01. The van der Waals surface area contributed by atoms with Crippen molar-refractivity contribution in [1.82, 2.24) is 4.90 Å². The number of rotatable bonds is 2. The molecule has 2 aliphatic rings. The van der Waals surface area contributed by atoms with Crippen molar-refractivity contribution in [2.24, 2.45) is 5.92 Å². The molecule has 2 nitrogen and oxygen atoms in total. The summed E-state index contributed by atoms with van der Waals surface area (Å²) in [5.74, 6) is 0.806.